The van der Waals surface area contributed by atoms with Crippen LogP contribution in [-0.4, -0.2) is 31.3 Å². The van der Waals surface area contributed by atoms with Crippen LogP contribution in [0.1, 0.15) is 5.82 Å². The summed E-state index contributed by atoms with van der Waals surface area (Å²) in [6.07, 6.45) is 5.41. The van der Waals surface area contributed by atoms with Crippen molar-refractivity contribution in [3.8, 4) is 0 Å². The Balaban J connectivity index is 1.88. The molecule has 0 atom stereocenters. The maximum absolute atomic E-state index is 5.71. The number of fused-ring (bicyclic) bond motifs is 1. The molecular formula is C9H9ClN6. The molecule has 0 saturated carbocycles. The SMILES string of the molecule is Clc1nncc(N2CCn3ccnc3C2)n1. The van der Waals surface area contributed by atoms with Crippen LogP contribution in [0.4, 0.5) is 5.82 Å². The quantitative estimate of drug-likeness (QED) is 0.731. The number of rotatable bonds is 1. The van der Waals surface area contributed by atoms with Crippen molar-refractivity contribution in [2.45, 2.75) is 13.1 Å². The van der Waals surface area contributed by atoms with E-state index in [-0.39, 0.29) is 5.28 Å². The molecule has 1 aliphatic heterocycles. The summed E-state index contributed by atoms with van der Waals surface area (Å²) in [7, 11) is 0. The maximum atomic E-state index is 5.71. The van der Waals surface area contributed by atoms with Crippen LogP contribution in [-0.2, 0) is 13.1 Å². The van der Waals surface area contributed by atoms with Crippen LogP contribution in [0.3, 0.4) is 0 Å². The molecule has 0 radical (unpaired) electrons. The Hall–Kier alpha value is -1.69. The first-order chi connectivity index (χ1) is 7.83. The molecule has 3 heterocycles. The summed E-state index contributed by atoms with van der Waals surface area (Å²) in [6, 6.07) is 0. The van der Waals surface area contributed by atoms with Gasteiger partial charge in [-0.25, -0.2) is 4.98 Å². The average molecular weight is 237 g/mol. The molecule has 1 aliphatic rings. The molecule has 0 aliphatic carbocycles. The van der Waals surface area contributed by atoms with E-state index < -0.39 is 0 Å². The van der Waals surface area contributed by atoms with Crippen molar-refractivity contribution in [1.82, 2.24) is 24.7 Å². The summed E-state index contributed by atoms with van der Waals surface area (Å²) < 4.78 is 2.13. The maximum Gasteiger partial charge on any atom is 0.244 e. The monoisotopic (exact) mass is 236 g/mol. The van der Waals surface area contributed by atoms with Gasteiger partial charge in [0.2, 0.25) is 5.28 Å². The van der Waals surface area contributed by atoms with Gasteiger partial charge in [-0.2, -0.15) is 10.1 Å². The lowest BCUT2D eigenvalue weighted by atomic mass is 10.3. The van der Waals surface area contributed by atoms with Gasteiger partial charge in [-0.3, -0.25) is 0 Å². The first kappa shape index (κ1) is 9.53. The highest BCUT2D eigenvalue weighted by Gasteiger charge is 2.18. The summed E-state index contributed by atoms with van der Waals surface area (Å²) in [5, 5.41) is 7.59. The minimum atomic E-state index is 0.173. The molecule has 2 aromatic rings. The van der Waals surface area contributed by atoms with E-state index >= 15 is 0 Å². The van der Waals surface area contributed by atoms with Crippen molar-refractivity contribution in [1.29, 1.82) is 0 Å². The molecule has 3 rings (SSSR count). The van der Waals surface area contributed by atoms with Crippen LogP contribution in [0, 0.1) is 0 Å². The summed E-state index contributed by atoms with van der Waals surface area (Å²) >= 11 is 5.71. The third-order valence-corrected chi connectivity index (χ3v) is 2.75. The van der Waals surface area contributed by atoms with Gasteiger partial charge in [-0.1, -0.05) is 0 Å². The zero-order valence-electron chi connectivity index (χ0n) is 8.41. The number of hydrogen-bond acceptors (Lipinski definition) is 5. The van der Waals surface area contributed by atoms with Crippen LogP contribution in [0.15, 0.2) is 18.6 Å². The highest BCUT2D eigenvalue weighted by Crippen LogP contribution is 2.17. The molecular weight excluding hydrogens is 228 g/mol. The van der Waals surface area contributed by atoms with E-state index in [0.717, 1.165) is 31.3 Å². The number of aromatic nitrogens is 5. The Kier molecular flexibility index (Phi) is 2.21. The second kappa shape index (κ2) is 3.71. The predicted molar refractivity (Wildman–Crippen MR) is 58.1 cm³/mol. The molecule has 16 heavy (non-hydrogen) atoms. The van der Waals surface area contributed by atoms with Crippen molar-refractivity contribution in [3.05, 3.63) is 29.7 Å². The fourth-order valence-electron chi connectivity index (χ4n) is 1.80. The molecule has 0 aromatic carbocycles. The molecule has 82 valence electrons. The highest BCUT2D eigenvalue weighted by atomic mass is 35.5. The van der Waals surface area contributed by atoms with Gasteiger partial charge in [0, 0.05) is 25.5 Å². The zero-order chi connectivity index (χ0) is 11.0. The minimum absolute atomic E-state index is 0.173. The molecule has 0 amide bonds. The largest absolute Gasteiger partial charge is 0.346 e. The normalized spacial score (nSPS) is 14.9. The van der Waals surface area contributed by atoms with Gasteiger partial charge < -0.3 is 9.47 Å². The highest BCUT2D eigenvalue weighted by molar-refractivity contribution is 6.28. The van der Waals surface area contributed by atoms with Gasteiger partial charge in [-0.05, 0) is 11.6 Å². The fourth-order valence-corrected chi connectivity index (χ4v) is 1.93. The second-order valence-electron chi connectivity index (χ2n) is 3.54. The van der Waals surface area contributed by atoms with Crippen LogP contribution in [0.25, 0.3) is 0 Å². The molecule has 2 aromatic heterocycles. The first-order valence-electron chi connectivity index (χ1n) is 4.93. The molecule has 0 fully saturated rings. The van der Waals surface area contributed by atoms with Crippen LogP contribution in [0.5, 0.6) is 0 Å². The van der Waals surface area contributed by atoms with Crippen LogP contribution < -0.4 is 4.90 Å². The Labute approximate surface area is 96.9 Å². The lowest BCUT2D eigenvalue weighted by Crippen LogP contribution is -2.34. The van der Waals surface area contributed by atoms with Gasteiger partial charge in [0.05, 0.1) is 12.7 Å². The van der Waals surface area contributed by atoms with E-state index in [1.807, 2.05) is 12.4 Å². The van der Waals surface area contributed by atoms with E-state index in [1.165, 1.54) is 0 Å². The van der Waals surface area contributed by atoms with Gasteiger partial charge in [0.25, 0.3) is 0 Å². The Morgan fingerprint density at radius 1 is 1.31 bits per heavy atom. The molecule has 7 heteroatoms. The van der Waals surface area contributed by atoms with Crippen LogP contribution in [0.2, 0.25) is 5.28 Å². The Morgan fingerprint density at radius 3 is 3.12 bits per heavy atom. The number of nitrogens with zero attached hydrogens (tertiary/aromatic N) is 6. The molecule has 0 unspecified atom stereocenters. The van der Waals surface area contributed by atoms with E-state index in [9.17, 15) is 0 Å². The molecule has 0 N–H and O–H groups in total. The standard InChI is InChI=1S/C9H9ClN6/c10-9-13-7(5-12-14-9)16-4-3-15-2-1-11-8(15)6-16/h1-2,5H,3-4,6H2. The van der Waals surface area contributed by atoms with Crippen molar-refractivity contribution in [2.75, 3.05) is 11.4 Å². The minimum Gasteiger partial charge on any atom is -0.346 e. The van der Waals surface area contributed by atoms with Crippen molar-refractivity contribution >= 4 is 17.4 Å². The molecule has 6 nitrogen and oxygen atoms in total. The summed E-state index contributed by atoms with van der Waals surface area (Å²) in [5.41, 5.74) is 0. The third kappa shape index (κ3) is 1.61. The summed E-state index contributed by atoms with van der Waals surface area (Å²) in [4.78, 5) is 10.5. The topological polar surface area (TPSA) is 59.7 Å². The van der Waals surface area contributed by atoms with Crippen molar-refractivity contribution in [3.63, 3.8) is 0 Å². The van der Waals surface area contributed by atoms with Crippen molar-refractivity contribution < 1.29 is 0 Å². The van der Waals surface area contributed by atoms with Crippen molar-refractivity contribution in [2.24, 2.45) is 0 Å². The Bertz CT molecular complexity index is 510. The van der Waals surface area contributed by atoms with E-state index in [4.69, 9.17) is 11.6 Å². The zero-order valence-corrected chi connectivity index (χ0v) is 9.17. The first-order valence-corrected chi connectivity index (χ1v) is 5.31. The van der Waals surface area contributed by atoms with Gasteiger partial charge in [0.15, 0.2) is 5.82 Å². The second-order valence-corrected chi connectivity index (χ2v) is 3.88. The number of anilines is 1. The van der Waals surface area contributed by atoms with Crippen LogP contribution >= 0.6 is 11.6 Å². The van der Waals surface area contributed by atoms with Gasteiger partial charge in [0.1, 0.15) is 5.82 Å². The molecule has 0 spiro atoms. The smallest absolute Gasteiger partial charge is 0.244 e. The third-order valence-electron chi connectivity index (χ3n) is 2.59. The Morgan fingerprint density at radius 2 is 2.25 bits per heavy atom. The van der Waals surface area contributed by atoms with Gasteiger partial charge >= 0.3 is 0 Å². The van der Waals surface area contributed by atoms with E-state index in [2.05, 4.69) is 29.6 Å². The lowest BCUT2D eigenvalue weighted by Gasteiger charge is -2.28. The number of halogens is 1. The predicted octanol–water partition coefficient (Wildman–Crippen LogP) is 0.742. The lowest BCUT2D eigenvalue weighted by molar-refractivity contribution is 0.554. The molecule has 0 saturated heterocycles. The summed E-state index contributed by atoms with van der Waals surface area (Å²) in [6.45, 7) is 2.50. The number of imidazole rings is 1. The fraction of sp³-hybridized carbons (Fsp3) is 0.333. The van der Waals surface area contributed by atoms with E-state index in [0.29, 0.717) is 0 Å². The van der Waals surface area contributed by atoms with Gasteiger partial charge in [-0.15, -0.1) is 5.10 Å². The average Bonchev–Trinajstić information content (AvgIpc) is 2.75. The summed E-state index contributed by atoms with van der Waals surface area (Å²) in [5.74, 6) is 1.77. The molecule has 0 bridgehead atoms. The van der Waals surface area contributed by atoms with E-state index in [1.54, 1.807) is 6.20 Å². The number of hydrogen-bond donors (Lipinski definition) is 0.